The summed E-state index contributed by atoms with van der Waals surface area (Å²) >= 11 is 0. The van der Waals surface area contributed by atoms with Crippen molar-refractivity contribution >= 4 is 5.69 Å². The summed E-state index contributed by atoms with van der Waals surface area (Å²) in [5, 5.41) is 11.0. The van der Waals surface area contributed by atoms with Crippen molar-refractivity contribution in [2.75, 3.05) is 14.2 Å². The van der Waals surface area contributed by atoms with E-state index >= 15 is 0 Å². The highest BCUT2D eigenvalue weighted by Gasteiger charge is 2.15. The van der Waals surface area contributed by atoms with Gasteiger partial charge in [0.05, 0.1) is 12.0 Å². The lowest BCUT2D eigenvalue weighted by Gasteiger charge is -2.16. The van der Waals surface area contributed by atoms with Gasteiger partial charge in [-0.25, -0.2) is 0 Å². The number of hydrogen-bond donors (Lipinski definition) is 0. The molecule has 0 atom stereocenters. The Labute approximate surface area is 123 Å². The van der Waals surface area contributed by atoms with Gasteiger partial charge < -0.3 is 4.74 Å². The number of aromatic nitrogens is 1. The molecular formula is C15H17N3O3. The van der Waals surface area contributed by atoms with E-state index in [2.05, 4.69) is 9.88 Å². The number of ether oxygens (including phenoxy) is 1. The second kappa shape index (κ2) is 6.81. The number of nitrogens with zero attached hydrogens (tertiary/aromatic N) is 3. The highest BCUT2D eigenvalue weighted by molar-refractivity contribution is 5.48. The molecule has 0 bridgehead atoms. The first-order chi connectivity index (χ1) is 10.1. The molecule has 0 aliphatic heterocycles. The lowest BCUT2D eigenvalue weighted by molar-refractivity contribution is -0.385. The highest BCUT2D eigenvalue weighted by Crippen LogP contribution is 2.27. The molecule has 0 fully saturated rings. The fourth-order valence-corrected chi connectivity index (χ4v) is 2.15. The smallest absolute Gasteiger partial charge is 0.311 e. The Bertz CT molecular complexity index is 617. The lowest BCUT2D eigenvalue weighted by atomic mass is 10.1. The number of benzene rings is 1. The maximum atomic E-state index is 11.0. The first-order valence-electron chi connectivity index (χ1n) is 6.49. The van der Waals surface area contributed by atoms with Crippen molar-refractivity contribution in [1.29, 1.82) is 0 Å². The molecule has 0 amide bonds. The molecule has 0 saturated heterocycles. The zero-order chi connectivity index (χ0) is 15.2. The van der Waals surface area contributed by atoms with E-state index < -0.39 is 4.92 Å². The van der Waals surface area contributed by atoms with Gasteiger partial charge in [0.1, 0.15) is 0 Å². The summed E-state index contributed by atoms with van der Waals surface area (Å²) in [6.07, 6.45) is 3.54. The van der Waals surface area contributed by atoms with Crippen LogP contribution in [0.2, 0.25) is 0 Å². The Hall–Kier alpha value is -2.47. The van der Waals surface area contributed by atoms with Crippen molar-refractivity contribution in [3.63, 3.8) is 0 Å². The SMILES string of the molecule is COc1ccc(CN(C)Cc2cccnc2)cc1[N+](=O)[O-]. The van der Waals surface area contributed by atoms with Gasteiger partial charge in [-0.15, -0.1) is 0 Å². The van der Waals surface area contributed by atoms with Gasteiger partial charge >= 0.3 is 5.69 Å². The molecule has 0 saturated carbocycles. The minimum atomic E-state index is -0.427. The summed E-state index contributed by atoms with van der Waals surface area (Å²) in [5.41, 5.74) is 1.96. The number of hydrogen-bond acceptors (Lipinski definition) is 5. The molecule has 2 rings (SSSR count). The van der Waals surface area contributed by atoms with Gasteiger partial charge in [0.2, 0.25) is 0 Å². The Morgan fingerprint density at radius 1 is 1.29 bits per heavy atom. The molecule has 0 spiro atoms. The third kappa shape index (κ3) is 4.00. The summed E-state index contributed by atoms with van der Waals surface area (Å²) < 4.78 is 5.00. The summed E-state index contributed by atoms with van der Waals surface area (Å²) in [6, 6.07) is 8.91. The molecule has 6 heteroatoms. The van der Waals surface area contributed by atoms with Gasteiger partial charge in [-0.3, -0.25) is 20.0 Å². The van der Waals surface area contributed by atoms with Crippen LogP contribution in [-0.4, -0.2) is 29.0 Å². The van der Waals surface area contributed by atoms with E-state index in [-0.39, 0.29) is 11.4 Å². The Morgan fingerprint density at radius 3 is 2.67 bits per heavy atom. The van der Waals surface area contributed by atoms with E-state index in [1.165, 1.54) is 7.11 Å². The van der Waals surface area contributed by atoms with Gasteiger partial charge in [0, 0.05) is 31.5 Å². The number of rotatable bonds is 6. The van der Waals surface area contributed by atoms with Gasteiger partial charge in [-0.1, -0.05) is 12.1 Å². The van der Waals surface area contributed by atoms with E-state index in [9.17, 15) is 10.1 Å². The first kappa shape index (κ1) is 14.9. The largest absolute Gasteiger partial charge is 0.490 e. The van der Waals surface area contributed by atoms with Crippen LogP contribution >= 0.6 is 0 Å². The van der Waals surface area contributed by atoms with Crippen LogP contribution in [0.25, 0.3) is 0 Å². The molecule has 1 aromatic carbocycles. The quantitative estimate of drug-likeness (QED) is 0.603. The van der Waals surface area contributed by atoms with Crippen molar-refractivity contribution in [3.05, 3.63) is 64.0 Å². The van der Waals surface area contributed by atoms with Gasteiger partial charge in [-0.2, -0.15) is 0 Å². The zero-order valence-electron chi connectivity index (χ0n) is 12.0. The van der Waals surface area contributed by atoms with Crippen LogP contribution in [0.5, 0.6) is 5.75 Å². The number of pyridine rings is 1. The summed E-state index contributed by atoms with van der Waals surface area (Å²) in [5.74, 6) is 0.277. The molecule has 0 aliphatic carbocycles. The summed E-state index contributed by atoms with van der Waals surface area (Å²) in [7, 11) is 3.39. The second-order valence-corrected chi connectivity index (χ2v) is 4.80. The molecule has 21 heavy (non-hydrogen) atoms. The fourth-order valence-electron chi connectivity index (χ4n) is 2.15. The number of nitro benzene ring substituents is 1. The van der Waals surface area contributed by atoms with E-state index in [1.54, 1.807) is 18.3 Å². The Morgan fingerprint density at radius 2 is 2.05 bits per heavy atom. The molecule has 0 aliphatic rings. The van der Waals surface area contributed by atoms with Crippen molar-refractivity contribution in [2.24, 2.45) is 0 Å². The molecule has 1 aromatic heterocycles. The molecule has 110 valence electrons. The van der Waals surface area contributed by atoms with Crippen molar-refractivity contribution < 1.29 is 9.66 Å². The Kier molecular flexibility index (Phi) is 4.84. The van der Waals surface area contributed by atoms with Crippen LogP contribution in [0.1, 0.15) is 11.1 Å². The monoisotopic (exact) mass is 287 g/mol. The van der Waals surface area contributed by atoms with Crippen LogP contribution in [0.15, 0.2) is 42.7 Å². The second-order valence-electron chi connectivity index (χ2n) is 4.80. The normalized spacial score (nSPS) is 10.6. The van der Waals surface area contributed by atoms with Gasteiger partial charge in [0.25, 0.3) is 0 Å². The average Bonchev–Trinajstić information content (AvgIpc) is 2.48. The van der Waals surface area contributed by atoms with Gasteiger partial charge in [0.15, 0.2) is 5.75 Å². The average molecular weight is 287 g/mol. The van der Waals surface area contributed by atoms with Crippen LogP contribution in [0.4, 0.5) is 5.69 Å². The summed E-state index contributed by atoms with van der Waals surface area (Å²) in [6.45, 7) is 1.34. The van der Waals surface area contributed by atoms with Crippen LogP contribution in [0, 0.1) is 10.1 Å². The van der Waals surface area contributed by atoms with E-state index in [0.717, 1.165) is 17.7 Å². The van der Waals surface area contributed by atoms with E-state index in [1.807, 2.05) is 31.4 Å². The standard InChI is InChI=1S/C15H17N3O3/c1-17(11-13-4-3-7-16-9-13)10-12-5-6-15(21-2)14(8-12)18(19)20/h3-9H,10-11H2,1-2H3. The number of nitro groups is 1. The van der Waals surface area contributed by atoms with Crippen molar-refractivity contribution in [1.82, 2.24) is 9.88 Å². The van der Waals surface area contributed by atoms with E-state index in [4.69, 9.17) is 4.74 Å². The minimum Gasteiger partial charge on any atom is -0.490 e. The minimum absolute atomic E-state index is 0.00947. The van der Waals surface area contributed by atoms with Gasteiger partial charge in [-0.05, 0) is 30.3 Å². The third-order valence-electron chi connectivity index (χ3n) is 3.07. The molecule has 0 unspecified atom stereocenters. The number of methoxy groups -OCH3 is 1. The highest BCUT2D eigenvalue weighted by atomic mass is 16.6. The molecule has 0 radical (unpaired) electrons. The predicted molar refractivity (Wildman–Crippen MR) is 79.1 cm³/mol. The first-order valence-corrected chi connectivity index (χ1v) is 6.49. The Balaban J connectivity index is 2.09. The van der Waals surface area contributed by atoms with Crippen LogP contribution in [-0.2, 0) is 13.1 Å². The maximum absolute atomic E-state index is 11.0. The zero-order valence-corrected chi connectivity index (χ0v) is 12.0. The molecule has 2 aromatic rings. The molecule has 6 nitrogen and oxygen atoms in total. The van der Waals surface area contributed by atoms with E-state index in [0.29, 0.717) is 6.54 Å². The topological polar surface area (TPSA) is 68.5 Å². The maximum Gasteiger partial charge on any atom is 0.311 e. The molecule has 0 N–H and O–H groups in total. The van der Waals surface area contributed by atoms with Crippen LogP contribution < -0.4 is 4.74 Å². The third-order valence-corrected chi connectivity index (χ3v) is 3.07. The van der Waals surface area contributed by atoms with Crippen molar-refractivity contribution in [3.8, 4) is 5.75 Å². The predicted octanol–water partition coefficient (Wildman–Crippen LogP) is 2.63. The summed E-state index contributed by atoms with van der Waals surface area (Å²) in [4.78, 5) is 16.7. The molecular weight excluding hydrogens is 270 g/mol. The fraction of sp³-hybridized carbons (Fsp3) is 0.267. The van der Waals surface area contributed by atoms with Crippen molar-refractivity contribution in [2.45, 2.75) is 13.1 Å². The van der Waals surface area contributed by atoms with Crippen LogP contribution in [0.3, 0.4) is 0 Å². The molecule has 1 heterocycles. The lowest BCUT2D eigenvalue weighted by Crippen LogP contribution is -2.17.